The maximum absolute atomic E-state index is 12.5. The lowest BCUT2D eigenvalue weighted by Crippen LogP contribution is -2.32. The van der Waals surface area contributed by atoms with Gasteiger partial charge in [-0.15, -0.1) is 0 Å². The summed E-state index contributed by atoms with van der Waals surface area (Å²) in [4.78, 5) is 12.6. The molecule has 0 bridgehead atoms. The standard InChI is InChI=1S/C22H22BrNO4S/c1-16(7-8-17-5-3-2-4-6-17)24-22(25)21-14-11-19(28-21)15-29(26,27)20-12-9-18(23)10-13-20/h2-6,9-14,16H,7-8,15H2,1H3,(H,24,25). The van der Waals surface area contributed by atoms with Crippen LogP contribution in [0.5, 0.6) is 0 Å². The molecule has 1 atom stereocenters. The molecule has 3 aromatic rings. The van der Waals surface area contributed by atoms with Crippen molar-refractivity contribution in [3.05, 3.63) is 88.3 Å². The lowest BCUT2D eigenvalue weighted by molar-refractivity contribution is 0.0909. The number of aryl methyl sites for hydroxylation is 1. The van der Waals surface area contributed by atoms with Crippen molar-refractivity contribution in [2.45, 2.75) is 36.5 Å². The molecule has 0 saturated carbocycles. The Bertz CT molecular complexity index is 1060. The summed E-state index contributed by atoms with van der Waals surface area (Å²) in [5.74, 6) is -0.309. The van der Waals surface area contributed by atoms with Gasteiger partial charge in [-0.25, -0.2) is 8.42 Å². The molecule has 0 saturated heterocycles. The summed E-state index contributed by atoms with van der Waals surface area (Å²) >= 11 is 3.28. The van der Waals surface area contributed by atoms with E-state index in [-0.39, 0.29) is 34.1 Å². The average Bonchev–Trinajstić information content (AvgIpc) is 3.15. The predicted octanol–water partition coefficient (Wildman–Crippen LogP) is 4.77. The van der Waals surface area contributed by atoms with Crippen LogP contribution in [-0.4, -0.2) is 20.4 Å². The van der Waals surface area contributed by atoms with Crippen molar-refractivity contribution in [1.29, 1.82) is 0 Å². The van der Waals surface area contributed by atoms with E-state index in [0.717, 1.165) is 17.3 Å². The minimum atomic E-state index is -3.55. The van der Waals surface area contributed by atoms with Crippen molar-refractivity contribution in [1.82, 2.24) is 5.32 Å². The van der Waals surface area contributed by atoms with Gasteiger partial charge in [0.15, 0.2) is 15.6 Å². The summed E-state index contributed by atoms with van der Waals surface area (Å²) in [6.07, 6.45) is 1.65. The van der Waals surface area contributed by atoms with Gasteiger partial charge in [0.2, 0.25) is 0 Å². The largest absolute Gasteiger partial charge is 0.455 e. The van der Waals surface area contributed by atoms with Gasteiger partial charge >= 0.3 is 0 Å². The molecule has 0 fully saturated rings. The zero-order valence-corrected chi connectivity index (χ0v) is 18.4. The summed E-state index contributed by atoms with van der Waals surface area (Å²) < 4.78 is 31.3. The Kier molecular flexibility index (Phi) is 6.92. The molecule has 0 aliphatic rings. The van der Waals surface area contributed by atoms with E-state index in [1.165, 1.54) is 29.8 Å². The zero-order chi connectivity index (χ0) is 20.9. The van der Waals surface area contributed by atoms with Crippen LogP contribution >= 0.6 is 15.9 Å². The van der Waals surface area contributed by atoms with Gasteiger partial charge in [-0.3, -0.25) is 4.79 Å². The molecule has 2 aromatic carbocycles. The van der Waals surface area contributed by atoms with E-state index in [0.29, 0.717) is 0 Å². The van der Waals surface area contributed by atoms with Gasteiger partial charge < -0.3 is 9.73 Å². The third-order valence-corrected chi connectivity index (χ3v) is 6.66. The van der Waals surface area contributed by atoms with E-state index in [1.807, 2.05) is 25.1 Å². The number of furan rings is 1. The van der Waals surface area contributed by atoms with Crippen LogP contribution in [0.15, 0.2) is 80.5 Å². The molecule has 152 valence electrons. The average molecular weight is 476 g/mol. The fourth-order valence-electron chi connectivity index (χ4n) is 2.89. The minimum absolute atomic E-state index is 0.0391. The van der Waals surface area contributed by atoms with Crippen molar-refractivity contribution in [3.63, 3.8) is 0 Å². The van der Waals surface area contributed by atoms with E-state index >= 15 is 0 Å². The first-order chi connectivity index (χ1) is 13.8. The molecule has 1 heterocycles. The molecule has 29 heavy (non-hydrogen) atoms. The van der Waals surface area contributed by atoms with E-state index < -0.39 is 9.84 Å². The third-order valence-electron chi connectivity index (χ3n) is 4.48. The molecule has 1 unspecified atom stereocenters. The number of carbonyl (C=O) groups excluding carboxylic acids is 1. The van der Waals surface area contributed by atoms with E-state index in [1.54, 1.807) is 12.1 Å². The molecule has 5 nitrogen and oxygen atoms in total. The Morgan fingerprint density at radius 1 is 1.03 bits per heavy atom. The van der Waals surface area contributed by atoms with Crippen LogP contribution in [0.2, 0.25) is 0 Å². The third kappa shape index (κ3) is 6.05. The summed E-state index contributed by atoms with van der Waals surface area (Å²) in [6.45, 7) is 1.93. The van der Waals surface area contributed by atoms with Crippen LogP contribution in [0, 0.1) is 0 Å². The fraction of sp³-hybridized carbons (Fsp3) is 0.227. The predicted molar refractivity (Wildman–Crippen MR) is 115 cm³/mol. The number of rotatable bonds is 8. The van der Waals surface area contributed by atoms with Crippen molar-refractivity contribution in [2.24, 2.45) is 0 Å². The molecular formula is C22H22BrNO4S. The molecule has 0 aliphatic carbocycles. The highest BCUT2D eigenvalue weighted by Gasteiger charge is 2.20. The Balaban J connectivity index is 1.57. The molecule has 1 amide bonds. The second kappa shape index (κ2) is 9.41. The second-order valence-corrected chi connectivity index (χ2v) is 9.78. The van der Waals surface area contributed by atoms with Gasteiger partial charge in [-0.1, -0.05) is 46.3 Å². The van der Waals surface area contributed by atoms with Gasteiger partial charge in [-0.05, 0) is 61.7 Å². The van der Waals surface area contributed by atoms with Gasteiger partial charge in [-0.2, -0.15) is 0 Å². The van der Waals surface area contributed by atoms with Crippen LogP contribution in [0.3, 0.4) is 0 Å². The minimum Gasteiger partial charge on any atom is -0.455 e. The quantitative estimate of drug-likeness (QED) is 0.509. The maximum Gasteiger partial charge on any atom is 0.287 e. The fourth-order valence-corrected chi connectivity index (χ4v) is 4.40. The summed E-state index contributed by atoms with van der Waals surface area (Å²) in [5, 5.41) is 2.89. The van der Waals surface area contributed by atoms with E-state index in [9.17, 15) is 13.2 Å². The highest BCUT2D eigenvalue weighted by atomic mass is 79.9. The lowest BCUT2D eigenvalue weighted by atomic mass is 10.1. The number of hydrogen-bond acceptors (Lipinski definition) is 4. The van der Waals surface area contributed by atoms with Crippen molar-refractivity contribution in [3.8, 4) is 0 Å². The van der Waals surface area contributed by atoms with Crippen molar-refractivity contribution in [2.75, 3.05) is 0 Å². The van der Waals surface area contributed by atoms with E-state index in [2.05, 4.69) is 33.4 Å². The van der Waals surface area contributed by atoms with Crippen LogP contribution in [-0.2, 0) is 22.0 Å². The molecular weight excluding hydrogens is 454 g/mol. The molecule has 7 heteroatoms. The monoisotopic (exact) mass is 475 g/mol. The summed E-state index contributed by atoms with van der Waals surface area (Å²) in [6, 6.07) is 19.5. The molecule has 3 rings (SSSR count). The first kappa shape index (κ1) is 21.3. The molecule has 0 radical (unpaired) electrons. The Morgan fingerprint density at radius 2 is 1.72 bits per heavy atom. The molecule has 0 aliphatic heterocycles. The summed E-state index contributed by atoms with van der Waals surface area (Å²) in [7, 11) is -3.55. The first-order valence-electron chi connectivity index (χ1n) is 9.25. The van der Waals surface area contributed by atoms with Gasteiger partial charge in [0.1, 0.15) is 11.5 Å². The Hall–Kier alpha value is -2.38. The number of carbonyl (C=O) groups is 1. The normalized spacial score (nSPS) is 12.5. The lowest BCUT2D eigenvalue weighted by Gasteiger charge is -2.12. The summed E-state index contributed by atoms with van der Waals surface area (Å²) in [5.41, 5.74) is 1.21. The number of benzene rings is 2. The van der Waals surface area contributed by atoms with Crippen molar-refractivity contribution >= 4 is 31.7 Å². The first-order valence-corrected chi connectivity index (χ1v) is 11.7. The number of nitrogens with one attached hydrogen (secondary N) is 1. The SMILES string of the molecule is CC(CCc1ccccc1)NC(=O)c1ccc(CS(=O)(=O)c2ccc(Br)cc2)o1. The number of amides is 1. The highest BCUT2D eigenvalue weighted by molar-refractivity contribution is 9.10. The smallest absolute Gasteiger partial charge is 0.287 e. The van der Waals surface area contributed by atoms with Gasteiger partial charge in [0, 0.05) is 10.5 Å². The topological polar surface area (TPSA) is 76.4 Å². The van der Waals surface area contributed by atoms with Crippen LogP contribution in [0.25, 0.3) is 0 Å². The maximum atomic E-state index is 12.5. The molecule has 0 spiro atoms. The number of sulfone groups is 1. The van der Waals surface area contributed by atoms with Crippen LogP contribution in [0.4, 0.5) is 0 Å². The van der Waals surface area contributed by atoms with Crippen molar-refractivity contribution < 1.29 is 17.6 Å². The second-order valence-electron chi connectivity index (χ2n) is 6.88. The molecule has 1 N–H and O–H groups in total. The van der Waals surface area contributed by atoms with Gasteiger partial charge in [0.05, 0.1) is 4.90 Å². The van der Waals surface area contributed by atoms with Crippen LogP contribution < -0.4 is 5.32 Å². The highest BCUT2D eigenvalue weighted by Crippen LogP contribution is 2.20. The number of hydrogen-bond donors (Lipinski definition) is 1. The van der Waals surface area contributed by atoms with E-state index in [4.69, 9.17) is 4.42 Å². The Morgan fingerprint density at radius 3 is 2.41 bits per heavy atom. The van der Waals surface area contributed by atoms with Gasteiger partial charge in [0.25, 0.3) is 5.91 Å². The molecule has 1 aromatic heterocycles. The van der Waals surface area contributed by atoms with Crippen LogP contribution in [0.1, 0.15) is 35.2 Å². The Labute approximate surface area is 179 Å². The number of halogens is 1. The zero-order valence-electron chi connectivity index (χ0n) is 16.0.